The first kappa shape index (κ1) is 27.4. The number of hydrogen-bond acceptors (Lipinski definition) is 5. The quantitative estimate of drug-likeness (QED) is 0.587. The van der Waals surface area contributed by atoms with E-state index in [9.17, 15) is 18.3 Å². The molecule has 0 saturated heterocycles. The molecule has 1 heterocycles. The van der Waals surface area contributed by atoms with Gasteiger partial charge in [0.15, 0.2) is 0 Å². The number of allylic oxidation sites excluding steroid dienone is 2. The first-order chi connectivity index (χ1) is 17.7. The number of fused-ring (bicyclic) bond motifs is 1. The summed E-state index contributed by atoms with van der Waals surface area (Å²) < 4.78 is 35.2. The lowest BCUT2D eigenvalue weighted by Gasteiger charge is -2.37. The summed E-state index contributed by atoms with van der Waals surface area (Å²) in [4.78, 5) is 14.8. The van der Waals surface area contributed by atoms with Gasteiger partial charge in [-0.2, -0.15) is 4.31 Å². The number of amides is 1. The first-order valence-electron chi connectivity index (χ1n) is 13.1. The molecule has 0 saturated carbocycles. The van der Waals surface area contributed by atoms with Crippen LogP contribution in [0.4, 0.5) is 0 Å². The highest BCUT2D eigenvalue weighted by Gasteiger charge is 2.38. The summed E-state index contributed by atoms with van der Waals surface area (Å²) in [6.07, 6.45) is 6.32. The van der Waals surface area contributed by atoms with Crippen LogP contribution in [0, 0.1) is 5.92 Å². The Kier molecular flexibility index (Phi) is 8.72. The molecule has 4 rings (SSSR count). The van der Waals surface area contributed by atoms with Crippen molar-refractivity contribution in [2.75, 3.05) is 26.7 Å². The van der Waals surface area contributed by atoms with E-state index in [1.807, 2.05) is 49.4 Å². The Hall–Kier alpha value is -2.68. The number of aliphatic hydroxyl groups is 1. The van der Waals surface area contributed by atoms with Gasteiger partial charge >= 0.3 is 0 Å². The Bertz CT molecular complexity index is 1230. The number of hydrogen-bond donors (Lipinski definition) is 1. The minimum atomic E-state index is -3.89. The van der Waals surface area contributed by atoms with Gasteiger partial charge in [-0.25, -0.2) is 8.42 Å². The molecule has 8 heteroatoms. The van der Waals surface area contributed by atoms with E-state index in [-0.39, 0.29) is 36.3 Å². The maximum absolute atomic E-state index is 13.7. The van der Waals surface area contributed by atoms with Crippen molar-refractivity contribution in [2.24, 2.45) is 5.92 Å². The summed E-state index contributed by atoms with van der Waals surface area (Å²) in [7, 11) is -2.14. The lowest BCUT2D eigenvalue weighted by atomic mass is 9.93. The van der Waals surface area contributed by atoms with Gasteiger partial charge in [-0.15, -0.1) is 0 Å². The second-order valence-electron chi connectivity index (χ2n) is 10.3. The van der Waals surface area contributed by atoms with Crippen molar-refractivity contribution in [3.8, 4) is 5.75 Å². The monoisotopic (exact) mass is 526 g/mol. The summed E-state index contributed by atoms with van der Waals surface area (Å²) in [6, 6.07) is 14.3. The molecular formula is C29H38N2O5S. The number of ether oxygens (including phenoxy) is 1. The van der Waals surface area contributed by atoms with E-state index in [4.69, 9.17) is 4.74 Å². The molecule has 1 aliphatic heterocycles. The van der Waals surface area contributed by atoms with E-state index in [2.05, 4.69) is 6.08 Å². The van der Waals surface area contributed by atoms with Crippen molar-refractivity contribution in [2.45, 2.75) is 63.0 Å². The number of aliphatic hydroxyl groups excluding tert-OH is 1. The van der Waals surface area contributed by atoms with Gasteiger partial charge in [-0.05, 0) is 61.4 Å². The molecular weight excluding hydrogens is 488 g/mol. The van der Waals surface area contributed by atoms with Crippen LogP contribution in [0.2, 0.25) is 0 Å². The van der Waals surface area contributed by atoms with Crippen molar-refractivity contribution in [3.05, 3.63) is 65.7 Å². The third-order valence-electron chi connectivity index (χ3n) is 7.41. The van der Waals surface area contributed by atoms with Gasteiger partial charge < -0.3 is 14.7 Å². The predicted octanol–water partition coefficient (Wildman–Crippen LogP) is 4.11. The van der Waals surface area contributed by atoms with Crippen molar-refractivity contribution in [1.82, 2.24) is 9.21 Å². The fourth-order valence-corrected chi connectivity index (χ4v) is 6.85. The van der Waals surface area contributed by atoms with E-state index >= 15 is 0 Å². The van der Waals surface area contributed by atoms with Crippen LogP contribution in [-0.2, 0) is 21.2 Å². The van der Waals surface area contributed by atoms with Crippen LogP contribution in [0.25, 0.3) is 5.57 Å². The maximum Gasteiger partial charge on any atom is 0.247 e. The maximum atomic E-state index is 13.7. The number of nitrogens with zero attached hydrogens (tertiary/aromatic N) is 2. The third kappa shape index (κ3) is 6.25. The standard InChI is InChI=1S/C29H38N2O5S/c1-21-18-31(22(2)20-32)37(34,35)28-15-14-25(24-12-8-5-9-13-24)17-26(28)36-27(21)19-30(3)29(33)16-23-10-6-4-7-11-23/h4,6-7,10-12,14-15,17,21-22,27,32H,5,8-9,13,16,18-20H2,1-3H3/t21-,22-,27+/m0/s1. The van der Waals surface area contributed by atoms with Gasteiger partial charge in [0, 0.05) is 25.6 Å². The molecule has 0 spiro atoms. The summed E-state index contributed by atoms with van der Waals surface area (Å²) in [5.41, 5.74) is 3.11. The molecule has 1 aliphatic carbocycles. The van der Waals surface area contributed by atoms with Gasteiger partial charge in [0.1, 0.15) is 16.7 Å². The first-order valence-corrected chi connectivity index (χ1v) is 14.6. The van der Waals surface area contributed by atoms with Gasteiger partial charge in [0.2, 0.25) is 15.9 Å². The number of likely N-dealkylation sites (N-methyl/N-ethyl adjacent to an activating group) is 1. The average Bonchev–Trinajstić information content (AvgIpc) is 2.91. The molecule has 3 atom stereocenters. The number of carbonyl (C=O) groups excluding carboxylic acids is 1. The lowest BCUT2D eigenvalue weighted by molar-refractivity contribution is -0.130. The number of rotatable bonds is 7. The van der Waals surface area contributed by atoms with Crippen LogP contribution in [0.5, 0.6) is 5.75 Å². The highest BCUT2D eigenvalue weighted by atomic mass is 32.2. The minimum Gasteiger partial charge on any atom is -0.487 e. The van der Waals surface area contributed by atoms with Gasteiger partial charge in [-0.3, -0.25) is 4.79 Å². The zero-order chi connectivity index (χ0) is 26.6. The van der Waals surface area contributed by atoms with E-state index in [0.717, 1.165) is 36.8 Å². The van der Waals surface area contributed by atoms with E-state index in [1.54, 1.807) is 24.9 Å². The minimum absolute atomic E-state index is 0.0291. The highest BCUT2D eigenvalue weighted by molar-refractivity contribution is 7.89. The van der Waals surface area contributed by atoms with Crippen LogP contribution >= 0.6 is 0 Å². The molecule has 0 bridgehead atoms. The molecule has 1 N–H and O–H groups in total. The zero-order valence-corrected chi connectivity index (χ0v) is 22.8. The van der Waals surface area contributed by atoms with Crippen LogP contribution in [0.3, 0.4) is 0 Å². The van der Waals surface area contributed by atoms with Crippen molar-refractivity contribution in [3.63, 3.8) is 0 Å². The fraction of sp³-hybridized carbons (Fsp3) is 0.483. The molecule has 0 fully saturated rings. The highest BCUT2D eigenvalue weighted by Crippen LogP contribution is 2.37. The van der Waals surface area contributed by atoms with Crippen molar-refractivity contribution >= 4 is 21.5 Å². The molecule has 37 heavy (non-hydrogen) atoms. The normalized spacial score (nSPS) is 22.5. The topological polar surface area (TPSA) is 87.2 Å². The number of benzene rings is 2. The number of sulfonamides is 1. The Labute approximate surface area is 220 Å². The van der Waals surface area contributed by atoms with E-state index < -0.39 is 22.2 Å². The molecule has 2 aliphatic rings. The summed E-state index contributed by atoms with van der Waals surface area (Å²) >= 11 is 0. The molecule has 2 aromatic rings. The van der Waals surface area contributed by atoms with E-state index in [0.29, 0.717) is 12.3 Å². The fourth-order valence-electron chi connectivity index (χ4n) is 5.02. The molecule has 1 amide bonds. The van der Waals surface area contributed by atoms with Gasteiger partial charge in [0.05, 0.1) is 19.6 Å². The lowest BCUT2D eigenvalue weighted by Crippen LogP contribution is -2.50. The molecule has 2 aromatic carbocycles. The largest absolute Gasteiger partial charge is 0.487 e. The average molecular weight is 527 g/mol. The zero-order valence-electron chi connectivity index (χ0n) is 22.0. The summed E-state index contributed by atoms with van der Waals surface area (Å²) in [6.45, 7) is 3.86. The van der Waals surface area contributed by atoms with Gasteiger partial charge in [0.25, 0.3) is 0 Å². The Morgan fingerprint density at radius 3 is 2.62 bits per heavy atom. The molecule has 0 aromatic heterocycles. The SMILES string of the molecule is C[C@H]1CN([C@@H](C)CO)S(=O)(=O)c2ccc(C3=CCCCC3)cc2O[C@@H]1CN(C)C(=O)Cc1ccccc1. The smallest absolute Gasteiger partial charge is 0.247 e. The van der Waals surface area contributed by atoms with Crippen LogP contribution in [-0.4, -0.2) is 67.5 Å². The second kappa shape index (κ2) is 11.8. The Morgan fingerprint density at radius 1 is 1.19 bits per heavy atom. The van der Waals surface area contributed by atoms with Crippen LogP contribution < -0.4 is 4.74 Å². The predicted molar refractivity (Wildman–Crippen MR) is 145 cm³/mol. The molecule has 0 unspecified atom stereocenters. The van der Waals surface area contributed by atoms with Crippen LogP contribution in [0.1, 0.15) is 50.7 Å². The molecule has 0 radical (unpaired) electrons. The Balaban J connectivity index is 1.67. The third-order valence-corrected chi connectivity index (χ3v) is 9.43. The summed E-state index contributed by atoms with van der Waals surface area (Å²) in [5, 5.41) is 9.86. The molecule has 7 nitrogen and oxygen atoms in total. The van der Waals surface area contributed by atoms with Crippen LogP contribution in [0.15, 0.2) is 59.5 Å². The van der Waals surface area contributed by atoms with Crippen molar-refractivity contribution in [1.29, 1.82) is 0 Å². The number of carbonyl (C=O) groups is 1. The van der Waals surface area contributed by atoms with Crippen molar-refractivity contribution < 1.29 is 23.1 Å². The second-order valence-corrected chi connectivity index (χ2v) is 12.2. The van der Waals surface area contributed by atoms with Gasteiger partial charge in [-0.1, -0.05) is 49.4 Å². The molecule has 200 valence electrons. The summed E-state index contributed by atoms with van der Waals surface area (Å²) in [5.74, 6) is 0.0552. The van der Waals surface area contributed by atoms with E-state index in [1.165, 1.54) is 9.88 Å². The Morgan fingerprint density at radius 2 is 1.95 bits per heavy atom.